The molecule has 16 heavy (non-hydrogen) atoms. The summed E-state index contributed by atoms with van der Waals surface area (Å²) in [6, 6.07) is 0. The quantitative estimate of drug-likeness (QED) is 0.708. The molecule has 0 rings (SSSR count). The van der Waals surface area contributed by atoms with Crippen LogP contribution in [0.15, 0.2) is 0 Å². The molecule has 0 unspecified atom stereocenters. The van der Waals surface area contributed by atoms with Crippen LogP contribution in [0.25, 0.3) is 0 Å². The number of primary amides is 1. The Morgan fingerprint density at radius 2 is 1.69 bits per heavy atom. The van der Waals surface area contributed by atoms with Crippen molar-refractivity contribution in [3.63, 3.8) is 0 Å². The average molecular weight is 229 g/mol. The van der Waals surface area contributed by atoms with Gasteiger partial charge in [-0.2, -0.15) is 0 Å². The Morgan fingerprint density at radius 3 is 1.88 bits per heavy atom. The first-order valence-electron chi connectivity index (χ1n) is 5.54. The van der Waals surface area contributed by atoms with Gasteiger partial charge in [0, 0.05) is 0 Å². The number of amides is 1. The van der Waals surface area contributed by atoms with Gasteiger partial charge in [-0.15, -0.1) is 0 Å². The molecular weight excluding hydrogens is 206 g/mol. The van der Waals surface area contributed by atoms with E-state index in [4.69, 9.17) is 5.73 Å². The first-order valence-corrected chi connectivity index (χ1v) is 5.54. The van der Waals surface area contributed by atoms with E-state index in [0.717, 1.165) is 0 Å². The van der Waals surface area contributed by atoms with Crippen molar-refractivity contribution in [3.05, 3.63) is 0 Å². The number of hydrogen-bond acceptors (Lipinski definition) is 2. The highest BCUT2D eigenvalue weighted by Gasteiger charge is 2.47. The number of aliphatic carboxylic acids is 1. The molecule has 0 aliphatic carbocycles. The summed E-state index contributed by atoms with van der Waals surface area (Å²) in [5.41, 5.74) is 3.62. The molecule has 94 valence electrons. The number of rotatable bonds is 5. The van der Waals surface area contributed by atoms with E-state index in [1.807, 2.05) is 34.6 Å². The molecule has 0 spiro atoms. The Labute approximate surface area is 97.2 Å². The first-order chi connectivity index (χ1) is 7.01. The number of carboxylic acids is 1. The van der Waals surface area contributed by atoms with E-state index < -0.39 is 17.3 Å². The normalized spacial score (nSPS) is 15.9. The smallest absolute Gasteiger partial charge is 0.319 e. The molecule has 1 atom stereocenters. The molecule has 0 bridgehead atoms. The molecule has 0 aliphatic rings. The predicted octanol–water partition coefficient (Wildman–Crippen LogP) is 2.02. The van der Waals surface area contributed by atoms with E-state index >= 15 is 0 Å². The van der Waals surface area contributed by atoms with Gasteiger partial charge in [-0.25, -0.2) is 0 Å². The maximum absolute atomic E-state index is 11.5. The number of carboxylic acid groups (broad SMARTS) is 1. The molecule has 0 saturated carbocycles. The summed E-state index contributed by atoms with van der Waals surface area (Å²) in [6.45, 7) is 9.52. The van der Waals surface area contributed by atoms with E-state index in [1.165, 1.54) is 0 Å². The van der Waals surface area contributed by atoms with Crippen LogP contribution in [0.1, 0.15) is 47.5 Å². The van der Waals surface area contributed by atoms with E-state index in [9.17, 15) is 14.7 Å². The highest BCUT2D eigenvalue weighted by atomic mass is 16.4. The fraction of sp³-hybridized carbons (Fsp3) is 0.833. The molecule has 0 fully saturated rings. The third-order valence-electron chi connectivity index (χ3n) is 2.47. The summed E-state index contributed by atoms with van der Waals surface area (Å²) >= 11 is 0. The van der Waals surface area contributed by atoms with Gasteiger partial charge in [0.1, 0.15) is 5.41 Å². The van der Waals surface area contributed by atoms with E-state index in [-0.39, 0.29) is 24.2 Å². The second kappa shape index (κ2) is 4.85. The van der Waals surface area contributed by atoms with Crippen LogP contribution in [0.2, 0.25) is 0 Å². The van der Waals surface area contributed by atoms with Crippen LogP contribution in [-0.2, 0) is 9.59 Å². The van der Waals surface area contributed by atoms with Gasteiger partial charge in [-0.3, -0.25) is 9.59 Å². The van der Waals surface area contributed by atoms with Gasteiger partial charge in [0.15, 0.2) is 0 Å². The lowest BCUT2D eigenvalue weighted by atomic mass is 9.69. The SMILES string of the molecule is CC(C)C[C@@](CC(C)(C)C)(C(N)=O)C(=O)O. The standard InChI is InChI=1S/C12H23NO3/c1-8(2)6-12(9(13)14,10(15)16)7-11(3,4)5/h8H,6-7H2,1-5H3,(H2,13,14)(H,15,16)/t12-/m1/s1. The molecule has 0 aromatic heterocycles. The van der Waals surface area contributed by atoms with Crippen LogP contribution in [0.4, 0.5) is 0 Å². The molecule has 4 heteroatoms. The van der Waals surface area contributed by atoms with Crippen molar-refractivity contribution in [2.45, 2.75) is 47.5 Å². The van der Waals surface area contributed by atoms with Crippen LogP contribution in [-0.4, -0.2) is 17.0 Å². The minimum absolute atomic E-state index is 0.117. The highest BCUT2D eigenvalue weighted by Crippen LogP contribution is 2.38. The number of nitrogens with two attached hydrogens (primary N) is 1. The average Bonchev–Trinajstić information content (AvgIpc) is 1.98. The van der Waals surface area contributed by atoms with Crippen LogP contribution in [0, 0.1) is 16.7 Å². The zero-order chi connectivity index (χ0) is 13.1. The third-order valence-corrected chi connectivity index (χ3v) is 2.47. The monoisotopic (exact) mass is 229 g/mol. The Bertz CT molecular complexity index is 262. The zero-order valence-corrected chi connectivity index (χ0v) is 10.8. The van der Waals surface area contributed by atoms with Crippen molar-refractivity contribution in [1.82, 2.24) is 0 Å². The van der Waals surface area contributed by atoms with Gasteiger partial charge in [-0.05, 0) is 24.2 Å². The van der Waals surface area contributed by atoms with Crippen molar-refractivity contribution < 1.29 is 14.7 Å². The van der Waals surface area contributed by atoms with Crippen molar-refractivity contribution in [2.75, 3.05) is 0 Å². The Hall–Kier alpha value is -1.06. The van der Waals surface area contributed by atoms with E-state index in [2.05, 4.69) is 0 Å². The lowest BCUT2D eigenvalue weighted by Crippen LogP contribution is -2.47. The molecule has 3 N–H and O–H groups in total. The topological polar surface area (TPSA) is 80.4 Å². The molecule has 4 nitrogen and oxygen atoms in total. The number of carbonyl (C=O) groups is 2. The molecule has 0 aliphatic heterocycles. The van der Waals surface area contributed by atoms with Crippen molar-refractivity contribution in [2.24, 2.45) is 22.5 Å². The Kier molecular flexibility index (Phi) is 4.53. The third kappa shape index (κ3) is 3.83. The first kappa shape index (κ1) is 14.9. The van der Waals surface area contributed by atoms with E-state index in [0.29, 0.717) is 0 Å². The highest BCUT2D eigenvalue weighted by molar-refractivity contribution is 6.01. The minimum Gasteiger partial charge on any atom is -0.480 e. The molecule has 0 heterocycles. The van der Waals surface area contributed by atoms with Crippen LogP contribution >= 0.6 is 0 Å². The van der Waals surface area contributed by atoms with Crippen molar-refractivity contribution in [3.8, 4) is 0 Å². The fourth-order valence-electron chi connectivity index (χ4n) is 2.13. The summed E-state index contributed by atoms with van der Waals surface area (Å²) in [6.07, 6.45) is 0.553. The maximum atomic E-state index is 11.5. The Balaban J connectivity index is 5.27. The summed E-state index contributed by atoms with van der Waals surface area (Å²) in [5.74, 6) is -1.72. The molecule has 0 saturated heterocycles. The van der Waals surface area contributed by atoms with Gasteiger partial charge in [0.2, 0.25) is 5.91 Å². The molecule has 0 radical (unpaired) electrons. The van der Waals surface area contributed by atoms with E-state index in [1.54, 1.807) is 0 Å². The largest absolute Gasteiger partial charge is 0.480 e. The van der Waals surface area contributed by atoms with Crippen LogP contribution < -0.4 is 5.73 Å². The lowest BCUT2D eigenvalue weighted by molar-refractivity contribution is -0.158. The fourth-order valence-corrected chi connectivity index (χ4v) is 2.13. The van der Waals surface area contributed by atoms with Gasteiger partial charge < -0.3 is 10.8 Å². The van der Waals surface area contributed by atoms with Gasteiger partial charge in [0.25, 0.3) is 0 Å². The Morgan fingerprint density at radius 1 is 1.25 bits per heavy atom. The summed E-state index contributed by atoms with van der Waals surface area (Å²) in [7, 11) is 0. The predicted molar refractivity (Wildman–Crippen MR) is 62.8 cm³/mol. The van der Waals surface area contributed by atoms with Gasteiger partial charge >= 0.3 is 5.97 Å². The van der Waals surface area contributed by atoms with Crippen molar-refractivity contribution >= 4 is 11.9 Å². The summed E-state index contributed by atoms with van der Waals surface area (Å²) in [5, 5.41) is 9.31. The summed E-state index contributed by atoms with van der Waals surface area (Å²) in [4.78, 5) is 22.9. The lowest BCUT2D eigenvalue weighted by Gasteiger charge is -2.33. The molecule has 0 aromatic carbocycles. The van der Waals surface area contributed by atoms with Gasteiger partial charge in [-0.1, -0.05) is 34.6 Å². The molecular formula is C12H23NO3. The second-order valence-electron chi connectivity index (χ2n) is 6.09. The van der Waals surface area contributed by atoms with Crippen molar-refractivity contribution in [1.29, 1.82) is 0 Å². The zero-order valence-electron chi connectivity index (χ0n) is 10.8. The summed E-state index contributed by atoms with van der Waals surface area (Å²) < 4.78 is 0. The number of carbonyl (C=O) groups excluding carboxylic acids is 1. The second-order valence-corrected chi connectivity index (χ2v) is 6.09. The molecule has 0 aromatic rings. The minimum atomic E-state index is -1.44. The number of hydrogen-bond donors (Lipinski definition) is 2. The van der Waals surface area contributed by atoms with Crippen LogP contribution in [0.5, 0.6) is 0 Å². The van der Waals surface area contributed by atoms with Gasteiger partial charge in [0.05, 0.1) is 0 Å². The molecule has 1 amide bonds. The van der Waals surface area contributed by atoms with Crippen LogP contribution in [0.3, 0.4) is 0 Å². The maximum Gasteiger partial charge on any atom is 0.319 e.